The average Bonchev–Trinajstić information content (AvgIpc) is 1.25. The Kier molecular flexibility index (Phi) is 37.2. The quantitative estimate of drug-likeness (QED) is 0.404. The van der Waals surface area contributed by atoms with Crippen molar-refractivity contribution >= 4 is 14.6 Å². The van der Waals surface area contributed by atoms with Gasteiger partial charge in [-0.1, -0.05) is 0 Å². The van der Waals surface area contributed by atoms with Crippen LogP contribution in [-0.4, -0.2) is 24.7 Å². The minimum absolute atomic E-state index is 0. The first-order chi connectivity index (χ1) is 3.46. The van der Waals surface area contributed by atoms with Crippen LogP contribution in [0.5, 0.6) is 0 Å². The molecule has 0 aliphatic rings. The van der Waals surface area contributed by atoms with E-state index >= 15 is 0 Å². The fraction of sp³-hybridized carbons (Fsp3) is 0. The largest absolute Gasteiger partial charge is 2.00 e. The van der Waals surface area contributed by atoms with Crippen molar-refractivity contribution in [3.05, 3.63) is 0 Å². The maximum Gasteiger partial charge on any atom is 2.00 e. The normalized spacial score (nSPS) is 5.40. The Morgan fingerprint density at radius 3 is 0.900 bits per heavy atom. The molecule has 2 N–H and O–H groups in total. The molecule has 10 heavy (non-hydrogen) atoms. The van der Waals surface area contributed by atoms with Gasteiger partial charge in [-0.3, -0.25) is 7.32 Å². The van der Waals surface area contributed by atoms with E-state index in [2.05, 4.69) is 0 Å². The Labute approximate surface area is 81.5 Å². The van der Waals surface area contributed by atoms with E-state index in [4.69, 9.17) is 30.1 Å². The Morgan fingerprint density at radius 2 is 0.900 bits per heavy atom. The van der Waals surface area contributed by atoms with Gasteiger partial charge in [0.15, 0.2) is 0 Å². The third kappa shape index (κ3) is 546. The monoisotopic (exact) mass is 239 g/mol. The van der Waals surface area contributed by atoms with Crippen molar-refractivity contribution in [3.63, 3.8) is 0 Å². The van der Waals surface area contributed by atoms with Gasteiger partial charge in [-0.15, -0.1) is 0 Å². The van der Waals surface area contributed by atoms with E-state index in [0.717, 1.165) is 0 Å². The molecule has 0 amide bonds. The van der Waals surface area contributed by atoms with Gasteiger partial charge in [-0.05, 0) is 0 Å². The third-order valence-electron chi connectivity index (χ3n) is 0. The van der Waals surface area contributed by atoms with E-state index in [-0.39, 0.29) is 36.5 Å². The van der Waals surface area contributed by atoms with Gasteiger partial charge < -0.3 is 30.1 Å². The number of rotatable bonds is 0. The summed E-state index contributed by atoms with van der Waals surface area (Å²) in [6.45, 7) is 0. The molecule has 0 aromatic heterocycles. The minimum Gasteiger partial charge on any atom is -0.907 e. The first-order valence-electron chi connectivity index (χ1n) is 1.46. The molecule has 0 spiro atoms. The average molecular weight is 240 g/mol. The van der Waals surface area contributed by atoms with E-state index in [1.165, 1.54) is 0 Å². The summed E-state index contributed by atoms with van der Waals surface area (Å²) in [5.41, 5.74) is 0. The molecule has 0 atom stereocenters. The van der Waals surface area contributed by atoms with Crippen LogP contribution in [0.1, 0.15) is 0 Å². The zero-order chi connectivity index (χ0) is 7.15. The molecule has 0 unspecified atom stereocenters. The van der Waals surface area contributed by atoms with Crippen molar-refractivity contribution in [2.24, 2.45) is 0 Å². The maximum atomic E-state index is 8.64. The van der Waals surface area contributed by atoms with Crippen LogP contribution in [-0.2, 0) is 36.5 Å². The molecule has 53 valence electrons. The van der Waals surface area contributed by atoms with Gasteiger partial charge in [0.2, 0.25) is 0 Å². The summed E-state index contributed by atoms with van der Waals surface area (Å²) in [6, 6.07) is 0. The topological polar surface area (TPSA) is 133 Å². The van der Waals surface area contributed by atoms with Crippen molar-refractivity contribution in [2.45, 2.75) is 0 Å². The van der Waals surface area contributed by atoms with Gasteiger partial charge in [0.25, 0.3) is 0 Å². The zero-order valence-corrected chi connectivity index (χ0v) is 8.91. The summed E-state index contributed by atoms with van der Waals surface area (Å²) in [5.74, 6) is 0. The van der Waals surface area contributed by atoms with E-state index in [1.54, 1.807) is 0 Å². The molecule has 0 saturated heterocycles. The van der Waals surface area contributed by atoms with Gasteiger partial charge in [0.05, 0.1) is 0 Å². The Bertz CT molecular complexity index is 31.2. The molecule has 0 aromatic carbocycles. The molecule has 6 nitrogen and oxygen atoms in total. The maximum absolute atomic E-state index is 8.64. The Balaban J connectivity index is -0.0000000300. The van der Waals surface area contributed by atoms with Crippen LogP contribution in [0.15, 0.2) is 0 Å². The van der Waals surface area contributed by atoms with Gasteiger partial charge in [0.1, 0.15) is 0 Å². The SMILES string of the molecule is [Mn+2].[O-]B(O)O.[O-]B([O-])[O-].[Zn+2]. The van der Waals surface area contributed by atoms with E-state index in [0.29, 0.717) is 0 Å². The van der Waals surface area contributed by atoms with Crippen LogP contribution in [0.4, 0.5) is 0 Å². The van der Waals surface area contributed by atoms with Crippen LogP contribution >= 0.6 is 0 Å². The van der Waals surface area contributed by atoms with Gasteiger partial charge in [-0.25, -0.2) is 0 Å². The van der Waals surface area contributed by atoms with Crippen LogP contribution in [0.2, 0.25) is 0 Å². The van der Waals surface area contributed by atoms with E-state index < -0.39 is 14.6 Å². The smallest absolute Gasteiger partial charge is 0.907 e. The Hall–Kier alpha value is 1.03. The van der Waals surface area contributed by atoms with Crippen LogP contribution in [0.25, 0.3) is 0 Å². The molecule has 10 heteroatoms. The second kappa shape index (κ2) is 16.6. The van der Waals surface area contributed by atoms with Crippen LogP contribution in [0.3, 0.4) is 0 Å². The first-order valence-corrected chi connectivity index (χ1v) is 1.46. The molecule has 1 radical (unpaired) electrons. The van der Waals surface area contributed by atoms with Crippen LogP contribution < -0.4 is 20.1 Å². The summed E-state index contributed by atoms with van der Waals surface area (Å²) < 4.78 is 0. The first kappa shape index (κ1) is 22.5. The second-order valence-corrected chi connectivity index (χ2v) is 0.615. The summed E-state index contributed by atoms with van der Waals surface area (Å²) in [7, 11) is -5.33. The third-order valence-corrected chi connectivity index (χ3v) is 0. The fourth-order valence-electron chi connectivity index (χ4n) is 0. The van der Waals surface area contributed by atoms with E-state index in [1.807, 2.05) is 0 Å². The summed E-state index contributed by atoms with van der Waals surface area (Å²) in [5, 5.41) is 48.0. The predicted octanol–water partition coefficient (Wildman–Crippen LogP) is -6.64. The van der Waals surface area contributed by atoms with Crippen molar-refractivity contribution in [1.82, 2.24) is 0 Å². The fourth-order valence-corrected chi connectivity index (χ4v) is 0. The molecule has 0 bridgehead atoms. The predicted molar refractivity (Wildman–Crippen MR) is 15.9 cm³/mol. The van der Waals surface area contributed by atoms with Gasteiger partial charge >= 0.3 is 43.9 Å². The summed E-state index contributed by atoms with van der Waals surface area (Å²) in [4.78, 5) is 0. The Morgan fingerprint density at radius 1 is 0.900 bits per heavy atom. The number of hydrogen-bond donors (Lipinski definition) is 2. The summed E-state index contributed by atoms with van der Waals surface area (Å²) >= 11 is 0. The van der Waals surface area contributed by atoms with Gasteiger partial charge in [0, 0.05) is 0 Å². The van der Waals surface area contributed by atoms with Crippen LogP contribution in [0, 0.1) is 0 Å². The molecular weight excluding hydrogens is 238 g/mol. The van der Waals surface area contributed by atoms with E-state index in [9.17, 15) is 0 Å². The molecule has 0 rings (SSSR count). The molecule has 0 aliphatic heterocycles. The minimum atomic E-state index is -2.92. The molecule has 0 aromatic rings. The van der Waals surface area contributed by atoms with Crippen molar-refractivity contribution < 1.29 is 66.7 Å². The van der Waals surface area contributed by atoms with Crippen molar-refractivity contribution in [2.75, 3.05) is 0 Å². The van der Waals surface area contributed by atoms with Gasteiger partial charge in [-0.2, -0.15) is 0 Å². The molecule has 0 saturated carbocycles. The zero-order valence-electron chi connectivity index (χ0n) is 4.77. The molecular formula is H2B2MnO6Zn. The molecule has 0 aliphatic carbocycles. The summed E-state index contributed by atoms with van der Waals surface area (Å²) in [6.07, 6.45) is 0. The standard InChI is InChI=1S/BH2O3.BO3.Mn.Zn/c2*2-1(3)4;;/h2-3H;;;/q-1;-3;2*+2. The number of hydrogen-bond acceptors (Lipinski definition) is 6. The molecule has 0 fully saturated rings. The van der Waals surface area contributed by atoms with Crippen molar-refractivity contribution in [3.8, 4) is 0 Å². The van der Waals surface area contributed by atoms with Crippen molar-refractivity contribution in [1.29, 1.82) is 0 Å². The molecule has 0 heterocycles. The second-order valence-electron chi connectivity index (χ2n) is 0.615.